The molecule has 0 bridgehead atoms. The first-order valence-electron chi connectivity index (χ1n) is 6.30. The number of carbonyl (C=O) groups is 1. The number of hydrogen-bond donors (Lipinski definition) is 0. The highest BCUT2D eigenvalue weighted by molar-refractivity contribution is 7.31. The molecule has 0 saturated heterocycles. The van der Waals surface area contributed by atoms with Crippen LogP contribution in [0, 0.1) is 0 Å². The lowest BCUT2D eigenvalue weighted by atomic mass is 10.2. The van der Waals surface area contributed by atoms with Crippen LogP contribution in [0.4, 0.5) is 0 Å². The molecule has 0 aliphatic rings. The number of nitrogens with zero attached hydrogens (tertiary/aromatic N) is 1. The summed E-state index contributed by atoms with van der Waals surface area (Å²) >= 11 is 0. The third-order valence-corrected chi connectivity index (χ3v) is 3.39. The van der Waals surface area contributed by atoms with Crippen LogP contribution in [0.15, 0.2) is 30.6 Å². The van der Waals surface area contributed by atoms with Gasteiger partial charge in [0.1, 0.15) is 12.0 Å². The average molecular weight is 284 g/mol. The van der Waals surface area contributed by atoms with E-state index in [0.29, 0.717) is 21.2 Å². The first-order valence-corrected chi connectivity index (χ1v) is 7.38. The summed E-state index contributed by atoms with van der Waals surface area (Å²) < 4.78 is 11.8. The molecule has 0 radical (unpaired) electrons. The minimum absolute atomic E-state index is 0.0521. The zero-order chi connectivity index (χ0) is 14.3. The average Bonchev–Trinajstić information content (AvgIpc) is 2.79. The van der Waals surface area contributed by atoms with Gasteiger partial charge < -0.3 is 14.0 Å². The fraction of sp³-hybridized carbons (Fsp3) is 0.500. The van der Waals surface area contributed by atoms with Crippen molar-refractivity contribution in [2.24, 2.45) is 0 Å². The highest BCUT2D eigenvalue weighted by Gasteiger charge is 2.20. The third-order valence-electron chi connectivity index (χ3n) is 2.47. The molecule has 0 N–H and O–H groups in total. The molecule has 0 amide bonds. The van der Waals surface area contributed by atoms with E-state index in [4.69, 9.17) is 9.47 Å². The standard InChI is InChI=1S/C14H23NO3P/c1-5-13(16)17-9-8-12(11-15(2,3)4)18-14-7-6-10-19-14/h5-7,10,12,19H,1,8-9,11H2,2-4H3/q+1. The van der Waals surface area contributed by atoms with Gasteiger partial charge in [0.05, 0.1) is 27.7 Å². The first kappa shape index (κ1) is 15.8. The Morgan fingerprint density at radius 2 is 2.26 bits per heavy atom. The lowest BCUT2D eigenvalue weighted by molar-refractivity contribution is -0.873. The third kappa shape index (κ3) is 7.04. The van der Waals surface area contributed by atoms with Crippen LogP contribution in [0.5, 0.6) is 5.48 Å². The van der Waals surface area contributed by atoms with E-state index in [1.807, 2.05) is 12.1 Å². The number of likely N-dealkylation sites (N-methyl/N-ethyl adjacent to an activating group) is 1. The maximum Gasteiger partial charge on any atom is 0.330 e. The SMILES string of the molecule is C=CC(=O)OCCC(C[N+](C)(C)C)Oc1ccc[pH]1. The van der Waals surface area contributed by atoms with E-state index in [2.05, 4.69) is 33.5 Å². The van der Waals surface area contributed by atoms with Crippen molar-refractivity contribution < 1.29 is 18.8 Å². The molecule has 5 heteroatoms. The number of carbonyl (C=O) groups excluding carboxylic acids is 1. The van der Waals surface area contributed by atoms with E-state index in [-0.39, 0.29) is 12.1 Å². The topological polar surface area (TPSA) is 35.5 Å². The Bertz CT molecular complexity index is 395. The van der Waals surface area contributed by atoms with E-state index in [1.165, 1.54) is 6.08 Å². The van der Waals surface area contributed by atoms with Crippen molar-refractivity contribution in [3.05, 3.63) is 30.6 Å². The van der Waals surface area contributed by atoms with Gasteiger partial charge in [-0.3, -0.25) is 0 Å². The normalized spacial score (nSPS) is 13.2. The van der Waals surface area contributed by atoms with Crippen LogP contribution >= 0.6 is 8.19 Å². The second-order valence-electron chi connectivity index (χ2n) is 5.41. The second kappa shape index (κ2) is 7.37. The molecule has 0 fully saturated rings. The van der Waals surface area contributed by atoms with Crippen molar-refractivity contribution in [3.63, 3.8) is 0 Å². The van der Waals surface area contributed by atoms with Gasteiger partial charge in [-0.1, -0.05) is 20.8 Å². The summed E-state index contributed by atoms with van der Waals surface area (Å²) in [4.78, 5) is 11.0. The van der Waals surface area contributed by atoms with Gasteiger partial charge in [0.15, 0.2) is 6.10 Å². The smallest absolute Gasteiger partial charge is 0.330 e. The molecule has 1 aromatic heterocycles. The van der Waals surface area contributed by atoms with E-state index in [9.17, 15) is 4.79 Å². The molecule has 2 atom stereocenters. The van der Waals surface area contributed by atoms with Crippen LogP contribution in [0.25, 0.3) is 0 Å². The number of rotatable bonds is 8. The van der Waals surface area contributed by atoms with E-state index >= 15 is 0 Å². The second-order valence-corrected chi connectivity index (χ2v) is 6.52. The van der Waals surface area contributed by atoms with Gasteiger partial charge in [-0.25, -0.2) is 4.79 Å². The lowest BCUT2D eigenvalue weighted by Gasteiger charge is -2.29. The summed E-state index contributed by atoms with van der Waals surface area (Å²) in [6.07, 6.45) is 1.92. The van der Waals surface area contributed by atoms with Gasteiger partial charge in [0.2, 0.25) is 0 Å². The molecule has 0 aliphatic heterocycles. The molecule has 1 rings (SSSR count). The van der Waals surface area contributed by atoms with Gasteiger partial charge in [0.25, 0.3) is 0 Å². The Morgan fingerprint density at radius 1 is 1.53 bits per heavy atom. The number of hydrogen-bond acceptors (Lipinski definition) is 3. The van der Waals surface area contributed by atoms with Gasteiger partial charge in [0, 0.05) is 12.5 Å². The Balaban J connectivity index is 2.49. The van der Waals surface area contributed by atoms with Crippen LogP contribution in [-0.4, -0.2) is 50.9 Å². The van der Waals surface area contributed by atoms with Gasteiger partial charge >= 0.3 is 5.97 Å². The summed E-state index contributed by atoms with van der Waals surface area (Å²) in [6, 6.07) is 4.01. The predicted octanol–water partition coefficient (Wildman–Crippen LogP) is 2.29. The lowest BCUT2D eigenvalue weighted by Crippen LogP contribution is -2.43. The summed E-state index contributed by atoms with van der Waals surface area (Å²) in [6.45, 7) is 4.60. The Hall–Kier alpha value is -1.25. The van der Waals surface area contributed by atoms with Crippen LogP contribution in [-0.2, 0) is 9.53 Å². The minimum atomic E-state index is -0.382. The highest BCUT2D eigenvalue weighted by Crippen LogP contribution is 2.26. The van der Waals surface area contributed by atoms with Crippen molar-refractivity contribution in [2.45, 2.75) is 12.5 Å². The zero-order valence-corrected chi connectivity index (χ0v) is 12.9. The molecule has 106 valence electrons. The Labute approximate surface area is 116 Å². The number of esters is 1. The van der Waals surface area contributed by atoms with E-state index < -0.39 is 0 Å². The molecule has 0 saturated carbocycles. The van der Waals surface area contributed by atoms with Crippen molar-refractivity contribution in [3.8, 4) is 5.48 Å². The largest absolute Gasteiger partial charge is 0.481 e. The van der Waals surface area contributed by atoms with Crippen LogP contribution in [0.1, 0.15) is 6.42 Å². The highest BCUT2D eigenvalue weighted by atomic mass is 31.0. The number of quaternary nitrogens is 1. The monoisotopic (exact) mass is 284 g/mol. The molecule has 19 heavy (non-hydrogen) atoms. The molecule has 2 unspecified atom stereocenters. The van der Waals surface area contributed by atoms with Crippen LogP contribution in [0.3, 0.4) is 0 Å². The maximum atomic E-state index is 11.0. The molecule has 0 aromatic carbocycles. The van der Waals surface area contributed by atoms with Gasteiger partial charge in [-0.2, -0.15) is 0 Å². The molecule has 1 aromatic rings. The molecule has 1 heterocycles. The predicted molar refractivity (Wildman–Crippen MR) is 79.0 cm³/mol. The summed E-state index contributed by atoms with van der Waals surface area (Å²) in [5.41, 5.74) is 1.01. The Kier molecular flexibility index (Phi) is 6.13. The van der Waals surface area contributed by atoms with Crippen molar-refractivity contribution in [1.29, 1.82) is 0 Å². The van der Waals surface area contributed by atoms with E-state index in [1.54, 1.807) is 0 Å². The van der Waals surface area contributed by atoms with Crippen molar-refractivity contribution in [2.75, 3.05) is 34.3 Å². The fourth-order valence-corrected chi connectivity index (χ4v) is 2.50. The van der Waals surface area contributed by atoms with Crippen molar-refractivity contribution >= 4 is 14.2 Å². The molecular weight excluding hydrogens is 261 g/mol. The maximum absolute atomic E-state index is 11.0. The number of ether oxygens (including phenoxy) is 2. The van der Waals surface area contributed by atoms with Crippen molar-refractivity contribution in [1.82, 2.24) is 0 Å². The quantitative estimate of drug-likeness (QED) is 0.417. The zero-order valence-electron chi connectivity index (χ0n) is 11.9. The first-order chi connectivity index (χ1) is 8.90. The minimum Gasteiger partial charge on any atom is -0.481 e. The van der Waals surface area contributed by atoms with Gasteiger partial charge in [-0.05, 0) is 11.9 Å². The summed E-state index contributed by atoms with van der Waals surface area (Å²) in [5.74, 6) is 1.71. The van der Waals surface area contributed by atoms with Crippen LogP contribution in [0.2, 0.25) is 0 Å². The van der Waals surface area contributed by atoms with Crippen LogP contribution < -0.4 is 4.74 Å². The van der Waals surface area contributed by atoms with E-state index in [0.717, 1.165) is 16.5 Å². The molecule has 0 aliphatic carbocycles. The molecule has 4 nitrogen and oxygen atoms in total. The molecule has 0 spiro atoms. The van der Waals surface area contributed by atoms with Gasteiger partial charge in [-0.15, -0.1) is 0 Å². The summed E-state index contributed by atoms with van der Waals surface area (Å²) in [5, 5.41) is 0. The summed E-state index contributed by atoms with van der Waals surface area (Å²) in [7, 11) is 6.97. The fourth-order valence-electron chi connectivity index (χ4n) is 1.72. The Morgan fingerprint density at radius 3 is 2.79 bits per heavy atom. The molecular formula is C14H23NO3P+.